The maximum atomic E-state index is 13.4. The molecule has 2 N–H and O–H groups in total. The summed E-state index contributed by atoms with van der Waals surface area (Å²) in [6.45, 7) is 0. The predicted octanol–water partition coefficient (Wildman–Crippen LogP) is 2.82. The van der Waals surface area contributed by atoms with E-state index in [1.54, 1.807) is 12.3 Å². The van der Waals surface area contributed by atoms with Gasteiger partial charge in [0, 0.05) is 41.3 Å². The summed E-state index contributed by atoms with van der Waals surface area (Å²) in [6.07, 6.45) is 9.02. The highest BCUT2D eigenvalue weighted by molar-refractivity contribution is 6.05. The molecule has 0 aromatic carbocycles. The van der Waals surface area contributed by atoms with Crippen LogP contribution >= 0.6 is 0 Å². The Bertz CT molecular complexity index is 1050. The van der Waals surface area contributed by atoms with E-state index in [1.165, 1.54) is 36.8 Å². The van der Waals surface area contributed by atoms with Gasteiger partial charge >= 0.3 is 0 Å². The number of anilines is 1. The molecule has 0 radical (unpaired) electrons. The van der Waals surface area contributed by atoms with Crippen molar-refractivity contribution in [1.82, 2.24) is 20.3 Å². The summed E-state index contributed by atoms with van der Waals surface area (Å²) in [4.78, 5) is 36.6. The van der Waals surface area contributed by atoms with Crippen LogP contribution in [0.3, 0.4) is 0 Å². The Hall–Kier alpha value is -3.68. The molecule has 0 atom stereocenters. The van der Waals surface area contributed by atoms with Crippen LogP contribution in [-0.4, -0.2) is 32.8 Å². The molecule has 0 saturated heterocycles. The van der Waals surface area contributed by atoms with Crippen LogP contribution in [0.4, 0.5) is 10.1 Å². The zero-order valence-electron chi connectivity index (χ0n) is 14.7. The predicted molar refractivity (Wildman–Crippen MR) is 100 cm³/mol. The summed E-state index contributed by atoms with van der Waals surface area (Å²) in [7, 11) is 0. The third kappa shape index (κ3) is 4.17. The van der Waals surface area contributed by atoms with Gasteiger partial charge in [0.15, 0.2) is 0 Å². The molecule has 2 amide bonds. The Labute approximate surface area is 160 Å². The van der Waals surface area contributed by atoms with Crippen molar-refractivity contribution in [1.29, 1.82) is 0 Å². The van der Waals surface area contributed by atoms with Gasteiger partial charge in [0.05, 0.1) is 18.1 Å². The molecule has 4 rings (SSSR count). The average Bonchev–Trinajstić information content (AvgIpc) is 3.52. The lowest BCUT2D eigenvalue weighted by Crippen LogP contribution is -2.26. The first-order valence-electron chi connectivity index (χ1n) is 8.73. The van der Waals surface area contributed by atoms with Crippen molar-refractivity contribution < 1.29 is 14.0 Å². The monoisotopic (exact) mass is 377 g/mol. The first kappa shape index (κ1) is 17.7. The van der Waals surface area contributed by atoms with Crippen molar-refractivity contribution in [3.63, 3.8) is 0 Å². The number of hydrogen-bond acceptors (Lipinski definition) is 5. The van der Waals surface area contributed by atoms with E-state index in [4.69, 9.17) is 0 Å². The minimum absolute atomic E-state index is 0.192. The standard InChI is InChI=1S/C20H16FN5O2/c21-15-5-13(8-22-10-15)14-6-17(11-23-9-14)26-19(27)12-3-4-24-18(7-12)20(28)25-16-1-2-16/h3-11,16H,1-2H2,(H,25,28)(H,26,27). The minimum Gasteiger partial charge on any atom is -0.348 e. The molecule has 3 aromatic rings. The van der Waals surface area contributed by atoms with Gasteiger partial charge < -0.3 is 10.6 Å². The highest BCUT2D eigenvalue weighted by atomic mass is 19.1. The lowest BCUT2D eigenvalue weighted by atomic mass is 10.1. The van der Waals surface area contributed by atoms with Gasteiger partial charge in [-0.25, -0.2) is 4.39 Å². The number of rotatable bonds is 5. The highest BCUT2D eigenvalue weighted by Gasteiger charge is 2.24. The number of pyridine rings is 3. The van der Waals surface area contributed by atoms with Crippen LogP contribution in [0.2, 0.25) is 0 Å². The lowest BCUT2D eigenvalue weighted by Gasteiger charge is -2.08. The Morgan fingerprint density at radius 1 is 0.964 bits per heavy atom. The highest BCUT2D eigenvalue weighted by Crippen LogP contribution is 2.22. The van der Waals surface area contributed by atoms with Crippen LogP contribution < -0.4 is 10.6 Å². The fraction of sp³-hybridized carbons (Fsp3) is 0.150. The Kier molecular flexibility index (Phi) is 4.76. The number of halogens is 1. The summed E-state index contributed by atoms with van der Waals surface area (Å²) in [5.41, 5.74) is 2.09. The van der Waals surface area contributed by atoms with Crippen LogP contribution in [-0.2, 0) is 0 Å². The van der Waals surface area contributed by atoms with E-state index in [1.807, 2.05) is 0 Å². The van der Waals surface area contributed by atoms with Gasteiger partial charge in [-0.15, -0.1) is 0 Å². The summed E-state index contributed by atoms with van der Waals surface area (Å²) >= 11 is 0. The molecule has 7 nitrogen and oxygen atoms in total. The fourth-order valence-corrected chi connectivity index (χ4v) is 2.62. The van der Waals surface area contributed by atoms with Crippen LogP contribution in [0.5, 0.6) is 0 Å². The number of hydrogen-bond donors (Lipinski definition) is 2. The number of nitrogens with zero attached hydrogens (tertiary/aromatic N) is 3. The van der Waals surface area contributed by atoms with E-state index in [2.05, 4.69) is 25.6 Å². The van der Waals surface area contributed by atoms with Gasteiger partial charge in [-0.2, -0.15) is 0 Å². The number of carbonyl (C=O) groups excluding carboxylic acids is 2. The average molecular weight is 377 g/mol. The molecule has 1 aliphatic carbocycles. The van der Waals surface area contributed by atoms with Crippen LogP contribution in [0.15, 0.2) is 55.2 Å². The Morgan fingerprint density at radius 3 is 2.46 bits per heavy atom. The Balaban J connectivity index is 1.51. The molecule has 3 heterocycles. The first-order valence-corrected chi connectivity index (χ1v) is 8.73. The number of amides is 2. The summed E-state index contributed by atoms with van der Waals surface area (Å²) in [5.74, 6) is -1.15. The van der Waals surface area contributed by atoms with E-state index >= 15 is 0 Å². The second-order valence-corrected chi connectivity index (χ2v) is 6.49. The van der Waals surface area contributed by atoms with Gasteiger partial charge in [-0.3, -0.25) is 24.5 Å². The first-order chi connectivity index (χ1) is 13.6. The molecule has 0 spiro atoms. The Morgan fingerprint density at radius 2 is 1.71 bits per heavy atom. The lowest BCUT2D eigenvalue weighted by molar-refractivity contribution is 0.0946. The molecule has 3 aromatic heterocycles. The second kappa shape index (κ2) is 7.51. The largest absolute Gasteiger partial charge is 0.348 e. The summed E-state index contributed by atoms with van der Waals surface area (Å²) in [5, 5.41) is 5.56. The number of nitrogens with one attached hydrogen (secondary N) is 2. The van der Waals surface area contributed by atoms with Crippen molar-refractivity contribution in [2.24, 2.45) is 0 Å². The number of aromatic nitrogens is 3. The SMILES string of the molecule is O=C(Nc1cncc(-c2cncc(F)c2)c1)c1ccnc(C(=O)NC2CC2)c1. The van der Waals surface area contributed by atoms with Gasteiger partial charge in [-0.1, -0.05) is 0 Å². The fourth-order valence-electron chi connectivity index (χ4n) is 2.62. The van der Waals surface area contributed by atoms with Crippen molar-refractivity contribution in [3.8, 4) is 11.1 Å². The minimum atomic E-state index is -0.458. The second-order valence-electron chi connectivity index (χ2n) is 6.49. The molecule has 0 unspecified atom stereocenters. The van der Waals surface area contributed by atoms with E-state index < -0.39 is 11.7 Å². The topological polar surface area (TPSA) is 96.9 Å². The third-order valence-corrected chi connectivity index (χ3v) is 4.20. The van der Waals surface area contributed by atoms with Crippen LogP contribution in [0, 0.1) is 5.82 Å². The summed E-state index contributed by atoms with van der Waals surface area (Å²) < 4.78 is 13.4. The van der Waals surface area contributed by atoms with Gasteiger partial charge in [-0.05, 0) is 37.1 Å². The van der Waals surface area contributed by atoms with E-state index in [9.17, 15) is 14.0 Å². The molecule has 28 heavy (non-hydrogen) atoms. The van der Waals surface area contributed by atoms with E-state index in [0.29, 0.717) is 22.4 Å². The zero-order chi connectivity index (χ0) is 19.5. The molecule has 1 saturated carbocycles. The van der Waals surface area contributed by atoms with Crippen molar-refractivity contribution >= 4 is 17.5 Å². The maximum Gasteiger partial charge on any atom is 0.270 e. The normalized spacial score (nSPS) is 13.0. The van der Waals surface area contributed by atoms with Crippen molar-refractivity contribution in [2.75, 3.05) is 5.32 Å². The van der Waals surface area contributed by atoms with Gasteiger partial charge in [0.1, 0.15) is 11.5 Å². The molecular weight excluding hydrogens is 361 g/mol. The van der Waals surface area contributed by atoms with Crippen molar-refractivity contribution in [3.05, 3.63) is 72.3 Å². The molecule has 140 valence electrons. The molecule has 1 aliphatic rings. The van der Waals surface area contributed by atoms with Gasteiger partial charge in [0.25, 0.3) is 11.8 Å². The third-order valence-electron chi connectivity index (χ3n) is 4.20. The molecular formula is C20H16FN5O2. The molecule has 0 bridgehead atoms. The molecule has 8 heteroatoms. The van der Waals surface area contributed by atoms with Crippen LogP contribution in [0.25, 0.3) is 11.1 Å². The summed E-state index contributed by atoms with van der Waals surface area (Å²) in [6, 6.07) is 6.18. The van der Waals surface area contributed by atoms with E-state index in [-0.39, 0.29) is 17.6 Å². The van der Waals surface area contributed by atoms with Crippen LogP contribution in [0.1, 0.15) is 33.7 Å². The quantitative estimate of drug-likeness (QED) is 0.713. The number of carbonyl (C=O) groups is 2. The van der Waals surface area contributed by atoms with Gasteiger partial charge in [0.2, 0.25) is 0 Å². The molecule has 1 fully saturated rings. The van der Waals surface area contributed by atoms with E-state index in [0.717, 1.165) is 19.0 Å². The van der Waals surface area contributed by atoms with Crippen molar-refractivity contribution in [2.45, 2.75) is 18.9 Å². The smallest absolute Gasteiger partial charge is 0.270 e. The maximum absolute atomic E-state index is 13.4. The molecule has 0 aliphatic heterocycles. The zero-order valence-corrected chi connectivity index (χ0v) is 14.7.